The molecule has 2 aromatic rings. The number of halogens is 1. The summed E-state index contributed by atoms with van der Waals surface area (Å²) in [5, 5.41) is 11.7. The number of hydrogen-bond acceptors (Lipinski definition) is 4. The molecule has 6 heteroatoms. The molecule has 0 aliphatic rings. The summed E-state index contributed by atoms with van der Waals surface area (Å²) in [6.07, 6.45) is 0. The molecule has 0 aliphatic carbocycles. The Hall–Kier alpha value is -1.98. The zero-order valence-electron chi connectivity index (χ0n) is 12.3. The molecule has 20 heavy (non-hydrogen) atoms. The summed E-state index contributed by atoms with van der Waals surface area (Å²) in [5.74, 6) is 0.604. The average Bonchev–Trinajstić information content (AvgIpc) is 2.79. The fourth-order valence-electron chi connectivity index (χ4n) is 1.79. The smallest absolute Gasteiger partial charge is 0.184 e. The highest BCUT2D eigenvalue weighted by molar-refractivity contribution is 5.71. The predicted octanol–water partition coefficient (Wildman–Crippen LogP) is 2.74. The first-order chi connectivity index (χ1) is 9.31. The van der Waals surface area contributed by atoms with Gasteiger partial charge in [0, 0.05) is 11.3 Å². The van der Waals surface area contributed by atoms with Gasteiger partial charge in [-0.15, -0.1) is 5.10 Å². The molecule has 0 atom stereocenters. The molecule has 0 aliphatic heterocycles. The number of tetrazole rings is 1. The number of aromatic nitrogens is 4. The molecule has 0 saturated heterocycles. The third-order valence-electron chi connectivity index (χ3n) is 3.91. The van der Waals surface area contributed by atoms with Crippen LogP contribution >= 0.6 is 0 Å². The van der Waals surface area contributed by atoms with Gasteiger partial charge in [0.25, 0.3) is 0 Å². The van der Waals surface area contributed by atoms with Crippen LogP contribution in [0.15, 0.2) is 18.2 Å². The Labute approximate surface area is 118 Å². The molecule has 0 bridgehead atoms. The van der Waals surface area contributed by atoms with Crippen molar-refractivity contribution in [2.75, 3.05) is 5.73 Å². The Kier molecular flexibility index (Phi) is 3.74. The quantitative estimate of drug-likeness (QED) is 0.872. The van der Waals surface area contributed by atoms with E-state index < -0.39 is 0 Å². The monoisotopic (exact) mass is 277 g/mol. The topological polar surface area (TPSA) is 69.6 Å². The molecule has 1 heterocycles. The van der Waals surface area contributed by atoms with Crippen molar-refractivity contribution in [2.45, 2.75) is 34.2 Å². The van der Waals surface area contributed by atoms with Gasteiger partial charge in [-0.2, -0.15) is 0 Å². The van der Waals surface area contributed by atoms with Gasteiger partial charge in [-0.1, -0.05) is 27.7 Å². The van der Waals surface area contributed by atoms with Crippen molar-refractivity contribution in [2.24, 2.45) is 11.3 Å². The first kappa shape index (κ1) is 14.4. The second kappa shape index (κ2) is 5.19. The first-order valence-electron chi connectivity index (χ1n) is 6.63. The highest BCUT2D eigenvalue weighted by Gasteiger charge is 2.25. The van der Waals surface area contributed by atoms with Gasteiger partial charge in [0.05, 0.1) is 6.54 Å². The molecule has 1 aromatic carbocycles. The van der Waals surface area contributed by atoms with Crippen molar-refractivity contribution >= 4 is 5.69 Å². The van der Waals surface area contributed by atoms with Crippen LogP contribution in [-0.4, -0.2) is 20.2 Å². The third-order valence-corrected chi connectivity index (χ3v) is 3.91. The van der Waals surface area contributed by atoms with Crippen molar-refractivity contribution in [3.8, 4) is 11.4 Å². The van der Waals surface area contributed by atoms with Gasteiger partial charge >= 0.3 is 0 Å². The van der Waals surface area contributed by atoms with Crippen LogP contribution in [0.5, 0.6) is 0 Å². The summed E-state index contributed by atoms with van der Waals surface area (Å²) in [7, 11) is 0. The molecule has 108 valence electrons. The number of nitrogens with two attached hydrogens (primary N) is 1. The number of hydrogen-bond donors (Lipinski definition) is 1. The van der Waals surface area contributed by atoms with E-state index in [-0.39, 0.29) is 11.2 Å². The van der Waals surface area contributed by atoms with E-state index in [0.717, 1.165) is 0 Å². The van der Waals surface area contributed by atoms with E-state index in [1.165, 1.54) is 18.2 Å². The second-order valence-electron chi connectivity index (χ2n) is 6.03. The van der Waals surface area contributed by atoms with Crippen LogP contribution in [0.4, 0.5) is 10.1 Å². The van der Waals surface area contributed by atoms with Crippen LogP contribution in [0.1, 0.15) is 27.7 Å². The molecule has 0 unspecified atom stereocenters. The lowest BCUT2D eigenvalue weighted by molar-refractivity contribution is 0.200. The Morgan fingerprint density at radius 3 is 2.70 bits per heavy atom. The number of nitrogen functional groups attached to an aromatic ring is 1. The van der Waals surface area contributed by atoms with Gasteiger partial charge < -0.3 is 5.73 Å². The molecule has 2 N–H and O–H groups in total. The van der Waals surface area contributed by atoms with Crippen LogP contribution in [0.2, 0.25) is 0 Å². The Morgan fingerprint density at radius 1 is 1.35 bits per heavy atom. The van der Waals surface area contributed by atoms with Gasteiger partial charge in [0.2, 0.25) is 0 Å². The van der Waals surface area contributed by atoms with Crippen LogP contribution < -0.4 is 5.73 Å². The average molecular weight is 277 g/mol. The van der Waals surface area contributed by atoms with Crippen molar-refractivity contribution in [1.29, 1.82) is 0 Å². The Bertz CT molecular complexity index is 603. The summed E-state index contributed by atoms with van der Waals surface area (Å²) in [6, 6.07) is 4.21. The van der Waals surface area contributed by atoms with Gasteiger partial charge in [-0.05, 0) is 40.0 Å². The number of nitrogens with zero attached hydrogens (tertiary/aromatic N) is 4. The predicted molar refractivity (Wildman–Crippen MR) is 76.2 cm³/mol. The summed E-state index contributed by atoms with van der Waals surface area (Å²) in [4.78, 5) is 0. The summed E-state index contributed by atoms with van der Waals surface area (Å²) < 4.78 is 15.1. The van der Waals surface area contributed by atoms with Crippen LogP contribution in [0.3, 0.4) is 0 Å². The molecule has 0 saturated carbocycles. The van der Waals surface area contributed by atoms with Gasteiger partial charge in [-0.3, -0.25) is 0 Å². The Balaban J connectivity index is 2.41. The van der Waals surface area contributed by atoms with E-state index in [1.54, 1.807) is 4.68 Å². The molecule has 0 spiro atoms. The zero-order valence-corrected chi connectivity index (χ0v) is 12.3. The SMILES string of the molecule is CC(C)C(C)(C)Cn1nnnc1-c1cc(F)ccc1N. The van der Waals surface area contributed by atoms with E-state index in [0.29, 0.717) is 29.5 Å². The minimum absolute atomic E-state index is 0.0201. The largest absolute Gasteiger partial charge is 0.398 e. The van der Waals surface area contributed by atoms with Crippen LogP contribution in [0, 0.1) is 17.2 Å². The highest BCUT2D eigenvalue weighted by Crippen LogP contribution is 2.30. The van der Waals surface area contributed by atoms with Crippen LogP contribution in [-0.2, 0) is 6.54 Å². The zero-order chi connectivity index (χ0) is 14.9. The second-order valence-corrected chi connectivity index (χ2v) is 6.03. The van der Waals surface area contributed by atoms with E-state index in [4.69, 9.17) is 5.73 Å². The maximum absolute atomic E-state index is 13.4. The van der Waals surface area contributed by atoms with Gasteiger partial charge in [0.15, 0.2) is 5.82 Å². The van der Waals surface area contributed by atoms with Crippen molar-refractivity contribution in [1.82, 2.24) is 20.2 Å². The third kappa shape index (κ3) is 2.79. The summed E-state index contributed by atoms with van der Waals surface area (Å²) >= 11 is 0. The first-order valence-corrected chi connectivity index (χ1v) is 6.63. The number of rotatable bonds is 4. The van der Waals surface area contributed by atoms with E-state index >= 15 is 0 Å². The molecule has 0 radical (unpaired) electrons. The van der Waals surface area contributed by atoms with Crippen molar-refractivity contribution < 1.29 is 4.39 Å². The summed E-state index contributed by atoms with van der Waals surface area (Å²) in [6.45, 7) is 9.25. The van der Waals surface area contributed by atoms with E-state index in [2.05, 4.69) is 43.2 Å². The van der Waals surface area contributed by atoms with Crippen molar-refractivity contribution in [3.05, 3.63) is 24.0 Å². The van der Waals surface area contributed by atoms with Gasteiger partial charge in [-0.25, -0.2) is 9.07 Å². The standard InChI is InChI=1S/C14H20FN5/c1-9(2)14(3,4)8-20-13(17-18-19-20)11-7-10(15)5-6-12(11)16/h5-7,9H,8,16H2,1-4H3. The molecular weight excluding hydrogens is 257 g/mol. The molecule has 2 rings (SSSR count). The Morgan fingerprint density at radius 2 is 2.05 bits per heavy atom. The normalized spacial score (nSPS) is 12.1. The lowest BCUT2D eigenvalue weighted by atomic mass is 9.81. The highest BCUT2D eigenvalue weighted by atomic mass is 19.1. The maximum Gasteiger partial charge on any atom is 0.184 e. The molecule has 5 nitrogen and oxygen atoms in total. The maximum atomic E-state index is 13.4. The van der Waals surface area contributed by atoms with Gasteiger partial charge in [0.1, 0.15) is 5.82 Å². The lowest BCUT2D eigenvalue weighted by Crippen LogP contribution is -2.26. The number of benzene rings is 1. The fourth-order valence-corrected chi connectivity index (χ4v) is 1.79. The summed E-state index contributed by atoms with van der Waals surface area (Å²) in [5.41, 5.74) is 6.90. The minimum Gasteiger partial charge on any atom is -0.398 e. The van der Waals surface area contributed by atoms with Crippen LogP contribution in [0.25, 0.3) is 11.4 Å². The minimum atomic E-state index is -0.355. The molecule has 0 amide bonds. The lowest BCUT2D eigenvalue weighted by Gasteiger charge is -2.29. The molecule has 0 fully saturated rings. The van der Waals surface area contributed by atoms with E-state index in [9.17, 15) is 4.39 Å². The fraction of sp³-hybridized carbons (Fsp3) is 0.500. The molecule has 1 aromatic heterocycles. The molecular formula is C14H20FN5. The van der Waals surface area contributed by atoms with E-state index in [1.807, 2.05) is 0 Å². The number of anilines is 1. The van der Waals surface area contributed by atoms with Crippen molar-refractivity contribution in [3.63, 3.8) is 0 Å².